The Hall–Kier alpha value is -2.64. The van der Waals surface area contributed by atoms with Gasteiger partial charge in [-0.2, -0.15) is 0 Å². The first-order chi connectivity index (χ1) is 13.0. The number of sulfone groups is 1. The number of furan rings is 1. The summed E-state index contributed by atoms with van der Waals surface area (Å²) >= 11 is 6.12. The number of nitrogens with zero attached hydrogens (tertiary/aromatic N) is 2. The molecule has 0 bridgehead atoms. The van der Waals surface area contributed by atoms with E-state index < -0.39 is 9.84 Å². The van der Waals surface area contributed by atoms with Crippen LogP contribution in [0.3, 0.4) is 0 Å². The second kappa shape index (κ2) is 5.94. The van der Waals surface area contributed by atoms with Gasteiger partial charge in [-0.1, -0.05) is 23.7 Å². The third-order valence-corrected chi connectivity index (χ3v) is 6.88. The molecule has 2 aromatic heterocycles. The second-order valence-corrected chi connectivity index (χ2v) is 9.00. The molecule has 136 valence electrons. The molecule has 27 heavy (non-hydrogen) atoms. The van der Waals surface area contributed by atoms with Crippen molar-refractivity contribution in [3.05, 3.63) is 59.4 Å². The van der Waals surface area contributed by atoms with Crippen molar-refractivity contribution in [2.75, 3.05) is 11.1 Å². The van der Waals surface area contributed by atoms with E-state index in [0.717, 1.165) is 16.5 Å². The Kier molecular flexibility index (Phi) is 3.63. The number of nitrogens with one attached hydrogen (secondary N) is 1. The standard InChI is InChI=1S/C19H14ClN3O3S/c20-11-5-6-16-13(9-11)14(7-8-27(16,24)25)23-19-18-17(21-10-22-19)12-3-1-2-4-15(12)26-18/h1-6,9-10,14H,7-8H2,(H,21,22,23). The first-order valence-electron chi connectivity index (χ1n) is 8.44. The maximum absolute atomic E-state index is 12.4. The smallest absolute Gasteiger partial charge is 0.196 e. The van der Waals surface area contributed by atoms with Gasteiger partial charge in [0.15, 0.2) is 21.2 Å². The number of halogens is 1. The molecule has 0 spiro atoms. The molecule has 1 aliphatic rings. The van der Waals surface area contributed by atoms with Gasteiger partial charge in [-0.25, -0.2) is 18.4 Å². The number of aromatic nitrogens is 2. The summed E-state index contributed by atoms with van der Waals surface area (Å²) in [6.07, 6.45) is 1.90. The molecule has 1 atom stereocenters. The van der Waals surface area contributed by atoms with Crippen LogP contribution >= 0.6 is 11.6 Å². The van der Waals surface area contributed by atoms with Crippen LogP contribution in [0.25, 0.3) is 22.1 Å². The molecule has 0 saturated heterocycles. The lowest BCUT2D eigenvalue weighted by Crippen LogP contribution is -2.25. The molecule has 5 rings (SSSR count). The summed E-state index contributed by atoms with van der Waals surface area (Å²) in [6, 6.07) is 12.3. The van der Waals surface area contributed by atoms with E-state index in [-0.39, 0.29) is 11.8 Å². The number of anilines is 1. The van der Waals surface area contributed by atoms with Gasteiger partial charge in [0.2, 0.25) is 0 Å². The number of hydrogen-bond donors (Lipinski definition) is 1. The largest absolute Gasteiger partial charge is 0.450 e. The summed E-state index contributed by atoms with van der Waals surface area (Å²) in [6.45, 7) is 0. The van der Waals surface area contributed by atoms with E-state index in [2.05, 4.69) is 15.3 Å². The fraction of sp³-hybridized carbons (Fsp3) is 0.158. The quantitative estimate of drug-likeness (QED) is 0.539. The zero-order chi connectivity index (χ0) is 18.6. The van der Waals surface area contributed by atoms with E-state index in [1.54, 1.807) is 18.2 Å². The van der Waals surface area contributed by atoms with E-state index in [9.17, 15) is 8.42 Å². The Morgan fingerprint density at radius 3 is 2.89 bits per heavy atom. The van der Waals surface area contributed by atoms with Crippen molar-refractivity contribution in [3.63, 3.8) is 0 Å². The molecular weight excluding hydrogens is 386 g/mol. The lowest BCUT2D eigenvalue weighted by molar-refractivity contribution is 0.575. The van der Waals surface area contributed by atoms with Gasteiger partial charge in [-0.05, 0) is 42.3 Å². The molecule has 1 unspecified atom stereocenters. The van der Waals surface area contributed by atoms with Crippen molar-refractivity contribution in [2.24, 2.45) is 0 Å². The van der Waals surface area contributed by atoms with Crippen LogP contribution in [0, 0.1) is 0 Å². The Morgan fingerprint density at radius 2 is 2.00 bits per heavy atom. The predicted molar refractivity (Wildman–Crippen MR) is 104 cm³/mol. The van der Waals surface area contributed by atoms with E-state index >= 15 is 0 Å². The third kappa shape index (κ3) is 2.65. The number of benzene rings is 2. The highest BCUT2D eigenvalue weighted by Crippen LogP contribution is 2.38. The first kappa shape index (κ1) is 16.5. The summed E-state index contributed by atoms with van der Waals surface area (Å²) in [7, 11) is -3.30. The summed E-state index contributed by atoms with van der Waals surface area (Å²) in [5, 5.41) is 4.74. The zero-order valence-corrected chi connectivity index (χ0v) is 15.6. The Balaban J connectivity index is 1.63. The van der Waals surface area contributed by atoms with Crippen LogP contribution in [-0.4, -0.2) is 24.1 Å². The monoisotopic (exact) mass is 399 g/mol. The average Bonchev–Trinajstić information content (AvgIpc) is 3.04. The van der Waals surface area contributed by atoms with Gasteiger partial charge in [0.25, 0.3) is 0 Å². The average molecular weight is 400 g/mol. The van der Waals surface area contributed by atoms with E-state index in [4.69, 9.17) is 16.0 Å². The maximum atomic E-state index is 12.4. The van der Waals surface area contributed by atoms with Gasteiger partial charge in [-0.15, -0.1) is 0 Å². The highest BCUT2D eigenvalue weighted by atomic mass is 35.5. The van der Waals surface area contributed by atoms with Crippen molar-refractivity contribution in [2.45, 2.75) is 17.4 Å². The van der Waals surface area contributed by atoms with Crippen LogP contribution in [-0.2, 0) is 9.84 Å². The molecule has 3 heterocycles. The third-order valence-electron chi connectivity index (χ3n) is 4.83. The minimum absolute atomic E-state index is 0.0632. The predicted octanol–water partition coefficient (Wildman–Crippen LogP) is 4.36. The van der Waals surface area contributed by atoms with Gasteiger partial charge in [0, 0.05) is 10.4 Å². The fourth-order valence-electron chi connectivity index (χ4n) is 3.55. The van der Waals surface area contributed by atoms with Crippen LogP contribution in [0.1, 0.15) is 18.0 Å². The molecule has 0 radical (unpaired) electrons. The summed E-state index contributed by atoms with van der Waals surface area (Å²) in [5.41, 5.74) is 2.65. The zero-order valence-electron chi connectivity index (χ0n) is 14.0. The lowest BCUT2D eigenvalue weighted by atomic mass is 10.0. The molecule has 0 amide bonds. The highest BCUT2D eigenvalue weighted by molar-refractivity contribution is 7.91. The van der Waals surface area contributed by atoms with Crippen molar-refractivity contribution in [1.82, 2.24) is 9.97 Å². The van der Waals surface area contributed by atoms with Gasteiger partial charge in [0.05, 0.1) is 16.7 Å². The summed E-state index contributed by atoms with van der Waals surface area (Å²) in [5.74, 6) is 0.597. The Morgan fingerprint density at radius 1 is 1.15 bits per heavy atom. The number of hydrogen-bond acceptors (Lipinski definition) is 6. The van der Waals surface area contributed by atoms with Crippen molar-refractivity contribution < 1.29 is 12.8 Å². The maximum Gasteiger partial charge on any atom is 0.196 e. The van der Waals surface area contributed by atoms with Gasteiger partial charge >= 0.3 is 0 Å². The SMILES string of the molecule is O=S1(=O)CCC(Nc2ncnc3c2oc2ccccc23)c2cc(Cl)ccc21. The molecule has 1 N–H and O–H groups in total. The van der Waals surface area contributed by atoms with Gasteiger partial charge in [-0.3, -0.25) is 0 Å². The van der Waals surface area contributed by atoms with Crippen LogP contribution in [0.2, 0.25) is 5.02 Å². The number of para-hydroxylation sites is 1. The molecule has 0 saturated carbocycles. The van der Waals surface area contributed by atoms with Crippen molar-refractivity contribution in [3.8, 4) is 0 Å². The molecule has 6 nitrogen and oxygen atoms in total. The fourth-order valence-corrected chi connectivity index (χ4v) is 5.34. The molecule has 1 aliphatic heterocycles. The minimum atomic E-state index is -3.30. The van der Waals surface area contributed by atoms with Gasteiger partial charge in [0.1, 0.15) is 17.4 Å². The van der Waals surface area contributed by atoms with Crippen molar-refractivity contribution >= 4 is 49.3 Å². The summed E-state index contributed by atoms with van der Waals surface area (Å²) in [4.78, 5) is 8.98. The molecular formula is C19H14ClN3O3S. The topological polar surface area (TPSA) is 85.1 Å². The van der Waals surface area contributed by atoms with Gasteiger partial charge < -0.3 is 9.73 Å². The first-order valence-corrected chi connectivity index (χ1v) is 10.5. The van der Waals surface area contributed by atoms with E-state index in [0.29, 0.717) is 33.3 Å². The molecule has 0 fully saturated rings. The normalized spacial score (nSPS) is 18.5. The minimum Gasteiger partial charge on any atom is -0.450 e. The Bertz CT molecular complexity index is 1300. The van der Waals surface area contributed by atoms with Crippen molar-refractivity contribution in [1.29, 1.82) is 0 Å². The van der Waals surface area contributed by atoms with Crippen LogP contribution in [0.5, 0.6) is 0 Å². The summed E-state index contributed by atoms with van der Waals surface area (Å²) < 4.78 is 30.7. The number of rotatable bonds is 2. The van der Waals surface area contributed by atoms with E-state index in [1.807, 2.05) is 24.3 Å². The number of fused-ring (bicyclic) bond motifs is 4. The molecule has 8 heteroatoms. The van der Waals surface area contributed by atoms with E-state index in [1.165, 1.54) is 6.33 Å². The van der Waals surface area contributed by atoms with Crippen LogP contribution < -0.4 is 5.32 Å². The lowest BCUT2D eigenvalue weighted by Gasteiger charge is -2.26. The molecule has 4 aromatic rings. The second-order valence-electron chi connectivity index (χ2n) is 6.48. The van der Waals surface area contributed by atoms with Crippen LogP contribution in [0.4, 0.5) is 5.82 Å². The van der Waals surface area contributed by atoms with Crippen LogP contribution in [0.15, 0.2) is 58.1 Å². The molecule has 2 aromatic carbocycles. The Labute approximate surface area is 160 Å². The molecule has 0 aliphatic carbocycles. The highest BCUT2D eigenvalue weighted by Gasteiger charge is 2.31.